The fourth-order valence-corrected chi connectivity index (χ4v) is 0.908. The van der Waals surface area contributed by atoms with Crippen molar-refractivity contribution in [2.24, 2.45) is 0 Å². The van der Waals surface area contributed by atoms with Crippen molar-refractivity contribution in [3.8, 4) is 0 Å². The van der Waals surface area contributed by atoms with Crippen molar-refractivity contribution in [1.82, 2.24) is 0 Å². The molecule has 0 unspecified atom stereocenters. The molecule has 0 radical (unpaired) electrons. The van der Waals surface area contributed by atoms with Gasteiger partial charge in [-0.2, -0.15) is 4.89 Å². The van der Waals surface area contributed by atoms with Crippen LogP contribution in [0.25, 0.3) is 0 Å². The van der Waals surface area contributed by atoms with E-state index in [1.54, 1.807) is 51.1 Å². The number of benzene rings is 1. The van der Waals surface area contributed by atoms with E-state index in [9.17, 15) is 9.59 Å². The standard InChI is InChI=1S/C12H14O4/c1-12(2,3)16-15-11(14)10(13)9-7-5-4-6-8-9/h4-8H,1-3H3. The Bertz CT molecular complexity index is 376. The maximum atomic E-state index is 11.5. The van der Waals surface area contributed by atoms with E-state index in [0.29, 0.717) is 0 Å². The van der Waals surface area contributed by atoms with E-state index in [-0.39, 0.29) is 5.56 Å². The zero-order valence-corrected chi connectivity index (χ0v) is 9.52. The molecule has 0 amide bonds. The molecule has 0 spiro atoms. The number of ketones is 1. The van der Waals surface area contributed by atoms with Gasteiger partial charge in [0.1, 0.15) is 5.60 Å². The largest absolute Gasteiger partial charge is 0.413 e. The molecule has 0 aromatic heterocycles. The Morgan fingerprint density at radius 2 is 1.62 bits per heavy atom. The monoisotopic (exact) mass is 222 g/mol. The summed E-state index contributed by atoms with van der Waals surface area (Å²) in [7, 11) is 0. The lowest BCUT2D eigenvalue weighted by molar-refractivity contribution is -0.315. The van der Waals surface area contributed by atoms with E-state index in [1.807, 2.05) is 0 Å². The van der Waals surface area contributed by atoms with Crippen LogP contribution in [0.3, 0.4) is 0 Å². The van der Waals surface area contributed by atoms with Gasteiger partial charge in [0.15, 0.2) is 0 Å². The first-order valence-electron chi connectivity index (χ1n) is 4.89. The Kier molecular flexibility index (Phi) is 3.79. The molecule has 0 fully saturated rings. The van der Waals surface area contributed by atoms with Crippen LogP contribution >= 0.6 is 0 Å². The van der Waals surface area contributed by atoms with E-state index in [4.69, 9.17) is 4.89 Å². The van der Waals surface area contributed by atoms with Gasteiger partial charge in [-0.25, -0.2) is 4.79 Å². The van der Waals surface area contributed by atoms with Crippen LogP contribution in [-0.4, -0.2) is 17.4 Å². The highest BCUT2D eigenvalue weighted by atomic mass is 17.2. The third-order valence-electron chi connectivity index (χ3n) is 1.59. The molecule has 0 aliphatic carbocycles. The zero-order chi connectivity index (χ0) is 12.2. The molecular formula is C12H14O4. The number of carbonyl (C=O) groups excluding carboxylic acids is 2. The lowest BCUT2D eigenvalue weighted by Crippen LogP contribution is -2.25. The van der Waals surface area contributed by atoms with Gasteiger partial charge in [0, 0.05) is 5.56 Å². The van der Waals surface area contributed by atoms with Crippen molar-refractivity contribution in [3.05, 3.63) is 35.9 Å². The molecule has 16 heavy (non-hydrogen) atoms. The average Bonchev–Trinajstić information content (AvgIpc) is 2.25. The summed E-state index contributed by atoms with van der Waals surface area (Å²) < 4.78 is 0. The first-order valence-corrected chi connectivity index (χ1v) is 4.89. The van der Waals surface area contributed by atoms with Crippen molar-refractivity contribution < 1.29 is 19.4 Å². The molecule has 86 valence electrons. The molecule has 0 atom stereocenters. The lowest BCUT2D eigenvalue weighted by atomic mass is 10.1. The molecule has 0 saturated carbocycles. The van der Waals surface area contributed by atoms with Gasteiger partial charge in [0.25, 0.3) is 5.78 Å². The van der Waals surface area contributed by atoms with Gasteiger partial charge in [-0.3, -0.25) is 9.68 Å². The molecular weight excluding hydrogens is 208 g/mol. The fourth-order valence-electron chi connectivity index (χ4n) is 0.908. The summed E-state index contributed by atoms with van der Waals surface area (Å²) in [5.74, 6) is -1.73. The zero-order valence-electron chi connectivity index (χ0n) is 9.52. The van der Waals surface area contributed by atoms with Gasteiger partial charge < -0.3 is 0 Å². The van der Waals surface area contributed by atoms with E-state index in [0.717, 1.165) is 0 Å². The second-order valence-electron chi connectivity index (χ2n) is 4.26. The van der Waals surface area contributed by atoms with Gasteiger partial charge in [-0.15, -0.1) is 0 Å². The van der Waals surface area contributed by atoms with Crippen LogP contribution in [0.5, 0.6) is 0 Å². The van der Waals surface area contributed by atoms with Crippen LogP contribution in [0, 0.1) is 0 Å². The molecule has 0 aliphatic rings. The predicted octanol–water partition coefficient (Wildman–Crippen LogP) is 2.14. The number of Topliss-reactive ketones (excluding diaryl/α,β-unsaturated/α-hetero) is 1. The minimum absolute atomic E-state index is 0.282. The molecule has 0 saturated heterocycles. The maximum Gasteiger partial charge on any atom is 0.413 e. The second kappa shape index (κ2) is 4.90. The van der Waals surface area contributed by atoms with Gasteiger partial charge in [-0.05, 0) is 20.8 Å². The van der Waals surface area contributed by atoms with Crippen LogP contribution in [0.15, 0.2) is 30.3 Å². The van der Waals surface area contributed by atoms with Gasteiger partial charge in [0.2, 0.25) is 0 Å². The Morgan fingerprint density at radius 1 is 1.06 bits per heavy atom. The Balaban J connectivity index is 2.59. The van der Waals surface area contributed by atoms with Crippen LogP contribution in [-0.2, 0) is 14.6 Å². The van der Waals surface area contributed by atoms with E-state index >= 15 is 0 Å². The van der Waals surface area contributed by atoms with Crippen molar-refractivity contribution in [2.75, 3.05) is 0 Å². The predicted molar refractivity (Wildman–Crippen MR) is 57.7 cm³/mol. The SMILES string of the molecule is CC(C)(C)OOC(=O)C(=O)c1ccccc1. The normalized spacial score (nSPS) is 10.9. The van der Waals surface area contributed by atoms with Crippen molar-refractivity contribution in [1.29, 1.82) is 0 Å². The third-order valence-corrected chi connectivity index (χ3v) is 1.59. The number of hydrogen-bond acceptors (Lipinski definition) is 4. The molecule has 0 heterocycles. The average molecular weight is 222 g/mol. The minimum atomic E-state index is -1.01. The van der Waals surface area contributed by atoms with E-state index in [2.05, 4.69) is 4.89 Å². The number of hydrogen-bond donors (Lipinski definition) is 0. The second-order valence-corrected chi connectivity index (χ2v) is 4.26. The molecule has 1 rings (SSSR count). The summed E-state index contributed by atoms with van der Waals surface area (Å²) in [6, 6.07) is 8.19. The molecule has 4 nitrogen and oxygen atoms in total. The Hall–Kier alpha value is -1.68. The van der Waals surface area contributed by atoms with E-state index in [1.165, 1.54) is 0 Å². The number of rotatable bonds is 3. The summed E-state index contributed by atoms with van der Waals surface area (Å²) in [5, 5.41) is 0. The highest BCUT2D eigenvalue weighted by Crippen LogP contribution is 2.08. The topological polar surface area (TPSA) is 52.6 Å². The molecule has 1 aromatic carbocycles. The summed E-state index contributed by atoms with van der Waals surface area (Å²) >= 11 is 0. The van der Waals surface area contributed by atoms with Crippen molar-refractivity contribution >= 4 is 11.8 Å². The molecule has 0 bridgehead atoms. The fraction of sp³-hybridized carbons (Fsp3) is 0.333. The lowest BCUT2D eigenvalue weighted by Gasteiger charge is -2.15. The molecule has 0 aliphatic heterocycles. The van der Waals surface area contributed by atoms with Gasteiger partial charge in [-0.1, -0.05) is 30.3 Å². The third kappa shape index (κ3) is 3.82. The Labute approximate surface area is 94.1 Å². The first-order chi connectivity index (χ1) is 7.40. The van der Waals surface area contributed by atoms with Gasteiger partial charge in [0.05, 0.1) is 0 Å². The summed E-state index contributed by atoms with van der Waals surface area (Å²) in [6.45, 7) is 5.15. The number of carbonyl (C=O) groups is 2. The molecule has 4 heteroatoms. The van der Waals surface area contributed by atoms with Crippen molar-refractivity contribution in [2.45, 2.75) is 26.4 Å². The van der Waals surface area contributed by atoms with Crippen LogP contribution in [0.2, 0.25) is 0 Å². The first kappa shape index (κ1) is 12.4. The Morgan fingerprint density at radius 3 is 2.12 bits per heavy atom. The maximum absolute atomic E-state index is 11.5. The van der Waals surface area contributed by atoms with Crippen LogP contribution in [0.4, 0.5) is 0 Å². The quantitative estimate of drug-likeness (QED) is 0.340. The molecule has 0 N–H and O–H groups in total. The molecule has 1 aromatic rings. The van der Waals surface area contributed by atoms with Gasteiger partial charge >= 0.3 is 5.97 Å². The summed E-state index contributed by atoms with van der Waals surface area (Å²) in [6.07, 6.45) is 0. The highest BCUT2D eigenvalue weighted by molar-refractivity contribution is 6.40. The van der Waals surface area contributed by atoms with Crippen LogP contribution in [0.1, 0.15) is 31.1 Å². The highest BCUT2D eigenvalue weighted by Gasteiger charge is 2.22. The summed E-state index contributed by atoms with van der Waals surface area (Å²) in [4.78, 5) is 32.0. The minimum Gasteiger partial charge on any atom is -0.288 e. The van der Waals surface area contributed by atoms with Crippen molar-refractivity contribution in [3.63, 3.8) is 0 Å². The smallest absolute Gasteiger partial charge is 0.288 e. The van der Waals surface area contributed by atoms with E-state index < -0.39 is 17.4 Å². The van der Waals surface area contributed by atoms with Crippen LogP contribution < -0.4 is 0 Å². The summed E-state index contributed by atoms with van der Waals surface area (Å²) in [5.41, 5.74) is -0.350.